The molecule has 1 aromatic heterocycles. The largest absolute Gasteiger partial charge is 0.481 e. The molecule has 0 bridgehead atoms. The van der Waals surface area contributed by atoms with Gasteiger partial charge in [0.2, 0.25) is 0 Å². The fourth-order valence-corrected chi connectivity index (χ4v) is 2.58. The number of carboxylic acids is 1. The average molecular weight is 220 g/mol. The Labute approximate surface area is 94.7 Å². The van der Waals surface area contributed by atoms with E-state index in [2.05, 4.69) is 9.97 Å². The van der Waals surface area contributed by atoms with Crippen molar-refractivity contribution in [2.45, 2.75) is 44.4 Å². The van der Waals surface area contributed by atoms with Crippen LogP contribution < -0.4 is 0 Å². The van der Waals surface area contributed by atoms with Crippen molar-refractivity contribution in [2.24, 2.45) is 0 Å². The van der Waals surface area contributed by atoms with E-state index in [1.807, 2.05) is 6.92 Å². The maximum absolute atomic E-state index is 11.0. The second-order valence-electron chi connectivity index (χ2n) is 4.58. The summed E-state index contributed by atoms with van der Waals surface area (Å²) >= 11 is 0. The normalized spacial score (nSPS) is 18.6. The number of carbonyl (C=O) groups is 1. The predicted molar refractivity (Wildman–Crippen MR) is 59.2 cm³/mol. The minimum Gasteiger partial charge on any atom is -0.481 e. The molecule has 1 aromatic rings. The van der Waals surface area contributed by atoms with Crippen LogP contribution in [0.15, 0.2) is 12.4 Å². The quantitative estimate of drug-likeness (QED) is 0.847. The highest BCUT2D eigenvalue weighted by Crippen LogP contribution is 2.43. The lowest BCUT2D eigenvalue weighted by Gasteiger charge is -2.26. The van der Waals surface area contributed by atoms with Crippen LogP contribution in [0, 0.1) is 6.92 Å². The summed E-state index contributed by atoms with van der Waals surface area (Å²) in [5.74, 6) is -0.00491. The summed E-state index contributed by atoms with van der Waals surface area (Å²) in [5, 5.41) is 9.01. The monoisotopic (exact) mass is 220 g/mol. The van der Waals surface area contributed by atoms with Crippen molar-refractivity contribution in [1.82, 2.24) is 9.97 Å². The van der Waals surface area contributed by atoms with Crippen LogP contribution in [-0.2, 0) is 10.2 Å². The summed E-state index contributed by atoms with van der Waals surface area (Å²) in [7, 11) is 0. The van der Waals surface area contributed by atoms with Crippen molar-refractivity contribution >= 4 is 5.97 Å². The molecule has 4 nitrogen and oxygen atoms in total. The van der Waals surface area contributed by atoms with E-state index < -0.39 is 5.97 Å². The van der Waals surface area contributed by atoms with Crippen LogP contribution >= 0.6 is 0 Å². The molecule has 1 aliphatic carbocycles. The van der Waals surface area contributed by atoms with Crippen LogP contribution in [0.3, 0.4) is 0 Å². The maximum atomic E-state index is 11.0. The van der Waals surface area contributed by atoms with Gasteiger partial charge < -0.3 is 5.11 Å². The van der Waals surface area contributed by atoms with E-state index in [1.54, 1.807) is 12.4 Å². The molecule has 0 aromatic carbocycles. The van der Waals surface area contributed by atoms with Gasteiger partial charge in [-0.2, -0.15) is 0 Å². The van der Waals surface area contributed by atoms with Gasteiger partial charge in [-0.15, -0.1) is 0 Å². The zero-order valence-electron chi connectivity index (χ0n) is 9.44. The Morgan fingerprint density at radius 2 is 1.94 bits per heavy atom. The topological polar surface area (TPSA) is 63.1 Å². The number of hydrogen-bond acceptors (Lipinski definition) is 3. The van der Waals surface area contributed by atoms with Gasteiger partial charge in [-0.3, -0.25) is 4.79 Å². The standard InChI is InChI=1S/C12H16N2O2/c1-9-13-7-10(8-14-9)12(6-11(15)16)4-2-3-5-12/h7-8H,2-6H2,1H3,(H,15,16). The highest BCUT2D eigenvalue weighted by atomic mass is 16.4. The molecule has 16 heavy (non-hydrogen) atoms. The van der Waals surface area contributed by atoms with Gasteiger partial charge in [-0.25, -0.2) is 9.97 Å². The van der Waals surface area contributed by atoms with E-state index >= 15 is 0 Å². The fraction of sp³-hybridized carbons (Fsp3) is 0.583. The molecule has 1 heterocycles. The first-order chi connectivity index (χ1) is 7.62. The van der Waals surface area contributed by atoms with Gasteiger partial charge in [0.15, 0.2) is 0 Å². The summed E-state index contributed by atoms with van der Waals surface area (Å²) in [6, 6.07) is 0. The fourth-order valence-electron chi connectivity index (χ4n) is 2.58. The molecular formula is C12H16N2O2. The van der Waals surface area contributed by atoms with Crippen molar-refractivity contribution in [3.63, 3.8) is 0 Å². The highest BCUT2D eigenvalue weighted by Gasteiger charge is 2.38. The molecule has 86 valence electrons. The Morgan fingerprint density at radius 3 is 2.44 bits per heavy atom. The molecule has 1 N–H and O–H groups in total. The molecule has 0 radical (unpaired) electrons. The van der Waals surface area contributed by atoms with Crippen molar-refractivity contribution in [3.05, 3.63) is 23.8 Å². The third-order valence-electron chi connectivity index (χ3n) is 3.44. The van der Waals surface area contributed by atoms with Crippen molar-refractivity contribution in [1.29, 1.82) is 0 Å². The van der Waals surface area contributed by atoms with E-state index in [1.165, 1.54) is 0 Å². The lowest BCUT2D eigenvalue weighted by molar-refractivity contribution is -0.138. The third kappa shape index (κ3) is 2.05. The number of carboxylic acid groups (broad SMARTS) is 1. The Balaban J connectivity index is 2.31. The number of aromatic nitrogens is 2. The van der Waals surface area contributed by atoms with Gasteiger partial charge in [-0.05, 0) is 25.3 Å². The second kappa shape index (κ2) is 4.20. The zero-order valence-corrected chi connectivity index (χ0v) is 9.44. The van der Waals surface area contributed by atoms with Crippen LogP contribution in [0.1, 0.15) is 43.5 Å². The van der Waals surface area contributed by atoms with Crippen molar-refractivity contribution in [2.75, 3.05) is 0 Å². The van der Waals surface area contributed by atoms with E-state index in [4.69, 9.17) is 5.11 Å². The number of rotatable bonds is 3. The van der Waals surface area contributed by atoms with Crippen LogP contribution in [0.4, 0.5) is 0 Å². The molecule has 0 saturated heterocycles. The maximum Gasteiger partial charge on any atom is 0.304 e. The minimum absolute atomic E-state index is 0.194. The Morgan fingerprint density at radius 1 is 1.38 bits per heavy atom. The molecule has 0 unspecified atom stereocenters. The first-order valence-corrected chi connectivity index (χ1v) is 5.63. The summed E-state index contributed by atoms with van der Waals surface area (Å²) in [6.45, 7) is 1.84. The smallest absolute Gasteiger partial charge is 0.304 e. The van der Waals surface area contributed by atoms with Gasteiger partial charge >= 0.3 is 5.97 Å². The molecular weight excluding hydrogens is 204 g/mol. The summed E-state index contributed by atoms with van der Waals surface area (Å²) in [6.07, 6.45) is 7.84. The Hall–Kier alpha value is -1.45. The van der Waals surface area contributed by atoms with Gasteiger partial charge in [0.05, 0.1) is 6.42 Å². The zero-order chi connectivity index (χ0) is 11.6. The second-order valence-corrected chi connectivity index (χ2v) is 4.58. The Kier molecular flexibility index (Phi) is 2.90. The first kappa shape index (κ1) is 11.0. The molecule has 0 amide bonds. The van der Waals surface area contributed by atoms with Gasteiger partial charge in [0.1, 0.15) is 5.82 Å². The van der Waals surface area contributed by atoms with Crippen LogP contribution in [-0.4, -0.2) is 21.0 Å². The van der Waals surface area contributed by atoms with Crippen molar-refractivity contribution in [3.8, 4) is 0 Å². The molecule has 0 atom stereocenters. The molecule has 0 aliphatic heterocycles. The highest BCUT2D eigenvalue weighted by molar-refractivity contribution is 5.69. The van der Waals surface area contributed by atoms with Gasteiger partial charge in [0, 0.05) is 17.8 Å². The van der Waals surface area contributed by atoms with Crippen molar-refractivity contribution < 1.29 is 9.90 Å². The molecule has 4 heteroatoms. The van der Waals surface area contributed by atoms with Gasteiger partial charge in [-0.1, -0.05) is 12.8 Å². The SMILES string of the molecule is Cc1ncc(C2(CC(=O)O)CCCC2)cn1. The summed E-state index contributed by atoms with van der Waals surface area (Å²) in [4.78, 5) is 19.3. The van der Waals surface area contributed by atoms with Crippen LogP contribution in [0.2, 0.25) is 0 Å². The van der Waals surface area contributed by atoms with E-state index in [0.29, 0.717) is 0 Å². The van der Waals surface area contributed by atoms with Gasteiger partial charge in [0.25, 0.3) is 0 Å². The lowest BCUT2D eigenvalue weighted by Crippen LogP contribution is -2.26. The summed E-state index contributed by atoms with van der Waals surface area (Å²) in [5.41, 5.74) is 0.762. The molecule has 2 rings (SSSR count). The molecule has 1 saturated carbocycles. The minimum atomic E-state index is -0.734. The number of aryl methyl sites for hydroxylation is 1. The van der Waals surface area contributed by atoms with Crippen LogP contribution in [0.25, 0.3) is 0 Å². The Bertz CT molecular complexity index is 381. The van der Waals surface area contributed by atoms with E-state index in [9.17, 15) is 4.79 Å². The average Bonchev–Trinajstić information content (AvgIpc) is 2.67. The number of hydrogen-bond donors (Lipinski definition) is 1. The third-order valence-corrected chi connectivity index (χ3v) is 3.44. The van der Waals surface area contributed by atoms with E-state index in [0.717, 1.165) is 37.1 Å². The molecule has 0 spiro atoms. The molecule has 1 aliphatic rings. The number of nitrogens with zero attached hydrogens (tertiary/aromatic N) is 2. The predicted octanol–water partition coefficient (Wildman–Crippen LogP) is 2.07. The molecule has 1 fully saturated rings. The lowest BCUT2D eigenvalue weighted by atomic mass is 9.77. The van der Waals surface area contributed by atoms with E-state index in [-0.39, 0.29) is 11.8 Å². The number of aliphatic carboxylic acids is 1. The van der Waals surface area contributed by atoms with Crippen LogP contribution in [0.5, 0.6) is 0 Å². The summed E-state index contributed by atoms with van der Waals surface area (Å²) < 4.78 is 0. The first-order valence-electron chi connectivity index (χ1n) is 5.63.